The Labute approximate surface area is 117 Å². The van der Waals surface area contributed by atoms with Crippen LogP contribution in [0.15, 0.2) is 0 Å². The van der Waals surface area contributed by atoms with Crippen molar-refractivity contribution in [1.82, 2.24) is 9.80 Å². The van der Waals surface area contributed by atoms with E-state index in [2.05, 4.69) is 0 Å². The van der Waals surface area contributed by atoms with E-state index in [1.807, 2.05) is 13.8 Å². The molecule has 0 aromatic heterocycles. The molecule has 0 aromatic rings. The van der Waals surface area contributed by atoms with Crippen molar-refractivity contribution in [3.05, 3.63) is 0 Å². The third kappa shape index (κ3) is 2.63. The van der Waals surface area contributed by atoms with Crippen molar-refractivity contribution in [2.24, 2.45) is 5.92 Å². The summed E-state index contributed by atoms with van der Waals surface area (Å²) in [5.74, 6) is -2.03. The van der Waals surface area contributed by atoms with Gasteiger partial charge in [0.1, 0.15) is 6.04 Å². The molecule has 7 heteroatoms. The molecule has 0 spiro atoms. The number of nitrogens with zero attached hydrogens (tertiary/aromatic N) is 2. The maximum atomic E-state index is 12.4. The largest absolute Gasteiger partial charge is 0.480 e. The Morgan fingerprint density at radius 1 is 1.30 bits per heavy atom. The quantitative estimate of drug-likeness (QED) is 0.713. The van der Waals surface area contributed by atoms with E-state index in [0.29, 0.717) is 6.54 Å². The van der Waals surface area contributed by atoms with E-state index in [4.69, 9.17) is 5.11 Å². The summed E-state index contributed by atoms with van der Waals surface area (Å²) in [6.45, 7) is 4.12. The summed E-state index contributed by atoms with van der Waals surface area (Å²) in [6.07, 6.45) is -0.635. The topological polar surface area (TPSA) is 98.2 Å². The molecular formula is C13H20N2O5. The molecule has 2 N–H and O–H groups in total. The monoisotopic (exact) mass is 284 g/mol. The number of hydrogen-bond acceptors (Lipinski definition) is 4. The average molecular weight is 284 g/mol. The van der Waals surface area contributed by atoms with Crippen LogP contribution < -0.4 is 0 Å². The molecule has 0 radical (unpaired) electrons. The Morgan fingerprint density at radius 3 is 2.45 bits per heavy atom. The van der Waals surface area contributed by atoms with Gasteiger partial charge in [-0.1, -0.05) is 0 Å². The predicted molar refractivity (Wildman–Crippen MR) is 68.7 cm³/mol. The fraction of sp³-hybridized carbons (Fsp3) is 0.769. The second-order valence-corrected chi connectivity index (χ2v) is 5.78. The number of aliphatic hydroxyl groups excluding tert-OH is 1. The van der Waals surface area contributed by atoms with Crippen molar-refractivity contribution < 1.29 is 24.6 Å². The molecule has 0 aliphatic carbocycles. The molecule has 20 heavy (non-hydrogen) atoms. The molecule has 2 aliphatic rings. The molecule has 7 nitrogen and oxygen atoms in total. The molecule has 2 fully saturated rings. The summed E-state index contributed by atoms with van der Waals surface area (Å²) in [5.41, 5.74) is 0. The van der Waals surface area contributed by atoms with Crippen molar-refractivity contribution in [3.63, 3.8) is 0 Å². The number of carboxylic acid groups (broad SMARTS) is 1. The number of likely N-dealkylation sites (tertiary alicyclic amines) is 2. The zero-order chi connectivity index (χ0) is 15.0. The number of amides is 2. The van der Waals surface area contributed by atoms with Crippen molar-refractivity contribution >= 4 is 17.8 Å². The van der Waals surface area contributed by atoms with Gasteiger partial charge < -0.3 is 20.0 Å². The van der Waals surface area contributed by atoms with Gasteiger partial charge in [0.05, 0.1) is 12.0 Å². The van der Waals surface area contributed by atoms with Crippen LogP contribution in [0.5, 0.6) is 0 Å². The summed E-state index contributed by atoms with van der Waals surface area (Å²) < 4.78 is 0. The number of hydrogen-bond donors (Lipinski definition) is 2. The lowest BCUT2D eigenvalue weighted by atomic mass is 10.1. The van der Waals surface area contributed by atoms with Crippen LogP contribution in [0.1, 0.15) is 26.7 Å². The lowest BCUT2D eigenvalue weighted by Gasteiger charge is -2.25. The minimum atomic E-state index is -1.11. The van der Waals surface area contributed by atoms with Crippen LogP contribution in [0, 0.1) is 5.92 Å². The Morgan fingerprint density at radius 2 is 1.95 bits per heavy atom. The van der Waals surface area contributed by atoms with Gasteiger partial charge in [0.15, 0.2) is 0 Å². The minimum absolute atomic E-state index is 0.0275. The molecule has 3 atom stereocenters. The van der Waals surface area contributed by atoms with Crippen molar-refractivity contribution in [1.29, 1.82) is 0 Å². The maximum absolute atomic E-state index is 12.4. The van der Waals surface area contributed by atoms with E-state index in [-0.39, 0.29) is 37.2 Å². The number of carbonyl (C=O) groups is 3. The lowest BCUT2D eigenvalue weighted by molar-refractivity contribution is -0.149. The van der Waals surface area contributed by atoms with Crippen molar-refractivity contribution in [3.8, 4) is 0 Å². The summed E-state index contributed by atoms with van der Waals surface area (Å²) in [6, 6.07) is -0.958. The Balaban J connectivity index is 2.08. The van der Waals surface area contributed by atoms with Gasteiger partial charge in [0.25, 0.3) is 0 Å². The van der Waals surface area contributed by atoms with E-state index < -0.39 is 24.0 Å². The van der Waals surface area contributed by atoms with Gasteiger partial charge in [0, 0.05) is 32.0 Å². The normalized spacial score (nSPS) is 30.4. The van der Waals surface area contributed by atoms with Gasteiger partial charge in [-0.25, -0.2) is 4.79 Å². The number of β-amino-alcohol motifs (C(OH)–C–C–N with tert-alkyl or cyclic N) is 1. The number of carboxylic acids is 1. The molecular weight excluding hydrogens is 264 g/mol. The van der Waals surface area contributed by atoms with Gasteiger partial charge >= 0.3 is 5.97 Å². The SMILES string of the molecule is CC(C)N1CC(C(=O)N2CC(O)CC2C(=O)O)CC1=O. The fourth-order valence-electron chi connectivity index (χ4n) is 2.92. The summed E-state index contributed by atoms with van der Waals surface area (Å²) in [4.78, 5) is 38.2. The lowest BCUT2D eigenvalue weighted by Crippen LogP contribution is -2.44. The second kappa shape index (κ2) is 5.40. The highest BCUT2D eigenvalue weighted by molar-refractivity contribution is 5.91. The van der Waals surface area contributed by atoms with Crippen molar-refractivity contribution in [2.45, 2.75) is 44.9 Å². The zero-order valence-corrected chi connectivity index (χ0v) is 11.7. The molecule has 2 amide bonds. The highest BCUT2D eigenvalue weighted by atomic mass is 16.4. The molecule has 0 saturated carbocycles. The van der Waals surface area contributed by atoms with E-state index >= 15 is 0 Å². The minimum Gasteiger partial charge on any atom is -0.480 e. The van der Waals surface area contributed by atoms with Crippen LogP contribution in [0.2, 0.25) is 0 Å². The standard InChI is InChI=1S/C13H20N2O5/c1-7(2)14-5-8(3-11(14)17)12(18)15-6-9(16)4-10(15)13(19)20/h7-10,16H,3-6H2,1-2H3,(H,19,20). The third-order valence-electron chi connectivity index (χ3n) is 3.98. The first kappa shape index (κ1) is 14.8. The number of carbonyl (C=O) groups excluding carboxylic acids is 2. The van der Waals surface area contributed by atoms with Crippen LogP contribution in [-0.4, -0.2) is 69.1 Å². The average Bonchev–Trinajstić information content (AvgIpc) is 2.91. The Kier molecular flexibility index (Phi) is 3.99. The van der Waals surface area contributed by atoms with Crippen LogP contribution >= 0.6 is 0 Å². The summed E-state index contributed by atoms with van der Waals surface area (Å²) in [5, 5.41) is 18.7. The Bertz CT molecular complexity index is 436. The van der Waals surface area contributed by atoms with Crippen molar-refractivity contribution in [2.75, 3.05) is 13.1 Å². The van der Waals surface area contributed by atoms with E-state index in [1.165, 1.54) is 4.90 Å². The molecule has 0 bridgehead atoms. The number of rotatable bonds is 3. The summed E-state index contributed by atoms with van der Waals surface area (Å²) in [7, 11) is 0. The molecule has 112 valence electrons. The highest BCUT2D eigenvalue weighted by Crippen LogP contribution is 2.26. The summed E-state index contributed by atoms with van der Waals surface area (Å²) >= 11 is 0. The fourth-order valence-corrected chi connectivity index (χ4v) is 2.92. The molecule has 2 heterocycles. The first-order valence-corrected chi connectivity index (χ1v) is 6.82. The van der Waals surface area contributed by atoms with Crippen LogP contribution in [0.3, 0.4) is 0 Å². The first-order valence-electron chi connectivity index (χ1n) is 6.82. The van der Waals surface area contributed by atoms with Gasteiger partial charge in [0.2, 0.25) is 11.8 Å². The second-order valence-electron chi connectivity index (χ2n) is 5.78. The van der Waals surface area contributed by atoms with Crippen LogP contribution in [0.4, 0.5) is 0 Å². The van der Waals surface area contributed by atoms with Gasteiger partial charge in [-0.2, -0.15) is 0 Å². The molecule has 3 unspecified atom stereocenters. The maximum Gasteiger partial charge on any atom is 0.326 e. The van der Waals surface area contributed by atoms with Gasteiger partial charge in [-0.3, -0.25) is 9.59 Å². The van der Waals surface area contributed by atoms with Gasteiger partial charge in [-0.15, -0.1) is 0 Å². The number of aliphatic hydroxyl groups is 1. The molecule has 2 saturated heterocycles. The molecule has 2 aliphatic heterocycles. The zero-order valence-electron chi connectivity index (χ0n) is 11.7. The third-order valence-corrected chi connectivity index (χ3v) is 3.98. The highest BCUT2D eigenvalue weighted by Gasteiger charge is 2.44. The van der Waals surface area contributed by atoms with Crippen LogP contribution in [0.25, 0.3) is 0 Å². The molecule has 0 aromatic carbocycles. The van der Waals surface area contributed by atoms with Crippen LogP contribution in [-0.2, 0) is 14.4 Å². The Hall–Kier alpha value is -1.63. The van der Waals surface area contributed by atoms with E-state index in [0.717, 1.165) is 0 Å². The predicted octanol–water partition coefficient (Wildman–Crippen LogP) is -0.710. The smallest absolute Gasteiger partial charge is 0.326 e. The molecule has 2 rings (SSSR count). The van der Waals surface area contributed by atoms with E-state index in [9.17, 15) is 19.5 Å². The van der Waals surface area contributed by atoms with E-state index in [1.54, 1.807) is 4.90 Å². The first-order chi connectivity index (χ1) is 9.31. The van der Waals surface area contributed by atoms with Gasteiger partial charge in [-0.05, 0) is 13.8 Å². The number of aliphatic carboxylic acids is 1.